The number of alkyl halides is 1. The summed E-state index contributed by atoms with van der Waals surface area (Å²) in [5.41, 5.74) is 0.905. The molecule has 1 rings (SSSR count). The van der Waals surface area contributed by atoms with Gasteiger partial charge < -0.3 is 5.21 Å². The predicted molar refractivity (Wildman–Crippen MR) is 68.3 cm³/mol. The number of allylic oxidation sites excluding steroid dienone is 4. The maximum Gasteiger partial charge on any atom is 0.205 e. The lowest BCUT2D eigenvalue weighted by molar-refractivity contribution is -0.110. The first kappa shape index (κ1) is 13.2. The molecule has 4 heteroatoms. The molecule has 0 aromatic heterocycles. The molecule has 0 aromatic rings. The van der Waals surface area contributed by atoms with Crippen molar-refractivity contribution in [2.75, 3.05) is 0 Å². The number of hydrogen-bond acceptors (Lipinski definition) is 3. The minimum absolute atomic E-state index is 0.149. The molecule has 0 heterocycles. The third-order valence-corrected chi connectivity index (χ3v) is 3.20. The fourth-order valence-corrected chi connectivity index (χ4v) is 1.93. The highest BCUT2D eigenvalue weighted by molar-refractivity contribution is 9.09. The second-order valence-corrected chi connectivity index (χ2v) is 5.01. The van der Waals surface area contributed by atoms with Gasteiger partial charge in [0.05, 0.1) is 0 Å². The second kappa shape index (κ2) is 6.63. The number of Topliss-reactive ketones (excluding diaryl/α,β-unsaturated/α-hetero) is 1. The van der Waals surface area contributed by atoms with Gasteiger partial charge in [-0.15, -0.1) is 0 Å². The molecule has 0 bridgehead atoms. The Morgan fingerprint density at radius 3 is 3.00 bits per heavy atom. The Labute approximate surface area is 104 Å². The number of carbonyl (C=O) groups excluding carboxylic acids is 1. The Morgan fingerprint density at radius 1 is 1.56 bits per heavy atom. The average molecular weight is 286 g/mol. The zero-order valence-electron chi connectivity index (χ0n) is 9.32. The van der Waals surface area contributed by atoms with Crippen LogP contribution in [0.15, 0.2) is 29.0 Å². The van der Waals surface area contributed by atoms with Crippen molar-refractivity contribution in [3.05, 3.63) is 23.8 Å². The first-order valence-electron chi connectivity index (χ1n) is 5.38. The van der Waals surface area contributed by atoms with Crippen LogP contribution in [0.5, 0.6) is 0 Å². The van der Waals surface area contributed by atoms with Crippen LogP contribution in [0, 0.1) is 0 Å². The number of hydrogen-bond donors (Lipinski definition) is 1. The minimum atomic E-state index is -0.149. The topological polar surface area (TPSA) is 49.7 Å². The van der Waals surface area contributed by atoms with Gasteiger partial charge in [-0.1, -0.05) is 39.3 Å². The van der Waals surface area contributed by atoms with Gasteiger partial charge in [-0.05, 0) is 38.2 Å². The summed E-state index contributed by atoms with van der Waals surface area (Å²) in [6.07, 6.45) is 9.08. The van der Waals surface area contributed by atoms with E-state index < -0.39 is 0 Å². The normalized spacial score (nSPS) is 31.6. The van der Waals surface area contributed by atoms with Gasteiger partial charge in [-0.2, -0.15) is 0 Å². The van der Waals surface area contributed by atoms with E-state index in [1.54, 1.807) is 6.92 Å². The summed E-state index contributed by atoms with van der Waals surface area (Å²) in [4.78, 5) is 12.1. The summed E-state index contributed by atoms with van der Waals surface area (Å²) in [6, 6.07) is 0. The molecule has 0 aliphatic heterocycles. The van der Waals surface area contributed by atoms with Crippen molar-refractivity contribution in [2.45, 2.75) is 37.4 Å². The third kappa shape index (κ3) is 3.93. The SMILES string of the molecule is C/C1=C\CC(Br)/C=C/CCC/C(=N\O)C1=O. The number of carbonyl (C=O) groups is 1. The summed E-state index contributed by atoms with van der Waals surface area (Å²) in [6.45, 7) is 1.76. The lowest BCUT2D eigenvalue weighted by Gasteiger charge is -2.03. The number of oxime groups is 1. The number of rotatable bonds is 0. The molecule has 88 valence electrons. The zero-order valence-corrected chi connectivity index (χ0v) is 10.9. The molecule has 0 saturated carbocycles. The van der Waals surface area contributed by atoms with Crippen LogP contribution in [0.3, 0.4) is 0 Å². The van der Waals surface area contributed by atoms with E-state index in [0.29, 0.717) is 12.0 Å². The van der Waals surface area contributed by atoms with Gasteiger partial charge in [0.25, 0.3) is 0 Å². The van der Waals surface area contributed by atoms with Crippen molar-refractivity contribution < 1.29 is 10.0 Å². The Balaban J connectivity index is 2.86. The predicted octanol–water partition coefficient (Wildman–Crippen LogP) is 3.23. The molecule has 3 nitrogen and oxygen atoms in total. The van der Waals surface area contributed by atoms with E-state index in [9.17, 15) is 4.79 Å². The average Bonchev–Trinajstić information content (AvgIpc) is 2.31. The van der Waals surface area contributed by atoms with Gasteiger partial charge in [0, 0.05) is 4.83 Å². The lowest BCUT2D eigenvalue weighted by atomic mass is 10.0. The fraction of sp³-hybridized carbons (Fsp3) is 0.500. The molecule has 1 atom stereocenters. The smallest absolute Gasteiger partial charge is 0.205 e. The lowest BCUT2D eigenvalue weighted by Crippen LogP contribution is -2.15. The number of nitrogens with zero attached hydrogens (tertiary/aromatic N) is 1. The highest BCUT2D eigenvalue weighted by Crippen LogP contribution is 2.14. The Kier molecular flexibility index (Phi) is 5.46. The van der Waals surface area contributed by atoms with E-state index >= 15 is 0 Å². The Morgan fingerprint density at radius 2 is 2.31 bits per heavy atom. The van der Waals surface area contributed by atoms with Gasteiger partial charge in [-0.25, -0.2) is 0 Å². The minimum Gasteiger partial charge on any atom is -0.411 e. The molecule has 16 heavy (non-hydrogen) atoms. The summed E-state index contributed by atoms with van der Waals surface area (Å²) in [5.74, 6) is -0.149. The first-order valence-corrected chi connectivity index (χ1v) is 6.30. The van der Waals surface area contributed by atoms with Crippen LogP contribution in [0.2, 0.25) is 0 Å². The maximum absolute atomic E-state index is 11.8. The van der Waals surface area contributed by atoms with Crippen molar-refractivity contribution >= 4 is 27.4 Å². The number of ketones is 1. The summed E-state index contributed by atoms with van der Waals surface area (Å²) >= 11 is 3.52. The van der Waals surface area contributed by atoms with Crippen LogP contribution in [0.25, 0.3) is 0 Å². The Bertz CT molecular complexity index is 345. The molecule has 0 spiro atoms. The fourth-order valence-electron chi connectivity index (χ4n) is 1.53. The van der Waals surface area contributed by atoms with Crippen molar-refractivity contribution in [3.8, 4) is 0 Å². The van der Waals surface area contributed by atoms with E-state index in [1.807, 2.05) is 6.08 Å². The number of halogens is 1. The molecule has 0 fully saturated rings. The van der Waals surface area contributed by atoms with Crippen LogP contribution >= 0.6 is 15.9 Å². The molecule has 1 unspecified atom stereocenters. The molecule has 0 saturated heterocycles. The molecule has 0 amide bonds. The van der Waals surface area contributed by atoms with Gasteiger partial charge >= 0.3 is 0 Å². The van der Waals surface area contributed by atoms with Crippen molar-refractivity contribution in [3.63, 3.8) is 0 Å². The van der Waals surface area contributed by atoms with Crippen LogP contribution in [-0.4, -0.2) is 21.5 Å². The molecule has 1 N–H and O–H groups in total. The van der Waals surface area contributed by atoms with E-state index in [2.05, 4.69) is 33.2 Å². The first-order chi connectivity index (χ1) is 7.65. The van der Waals surface area contributed by atoms with Crippen molar-refractivity contribution in [2.24, 2.45) is 5.16 Å². The van der Waals surface area contributed by atoms with Gasteiger partial charge in [0.15, 0.2) is 0 Å². The van der Waals surface area contributed by atoms with Gasteiger partial charge in [0.1, 0.15) is 5.71 Å². The Hall–Kier alpha value is -0.900. The molecule has 1 aliphatic carbocycles. The van der Waals surface area contributed by atoms with E-state index in [0.717, 1.165) is 19.3 Å². The monoisotopic (exact) mass is 285 g/mol. The van der Waals surface area contributed by atoms with E-state index in [4.69, 9.17) is 5.21 Å². The van der Waals surface area contributed by atoms with Crippen LogP contribution in [-0.2, 0) is 4.79 Å². The summed E-state index contributed by atoms with van der Waals surface area (Å²) in [5, 5.41) is 11.9. The zero-order chi connectivity index (χ0) is 12.0. The molecule has 0 aromatic carbocycles. The standard InChI is InChI=1S/C12H16BrNO2/c1-9-7-8-10(13)5-3-2-4-6-11(14-16)12(9)15/h3,5,7,10,16H,2,4,6,8H2,1H3/b5-3+,9-7+,14-11+. The highest BCUT2D eigenvalue weighted by Gasteiger charge is 2.14. The quantitative estimate of drug-likeness (QED) is 0.322. The molecule has 1 aliphatic rings. The van der Waals surface area contributed by atoms with E-state index in [-0.39, 0.29) is 16.3 Å². The summed E-state index contributed by atoms with van der Waals surface area (Å²) in [7, 11) is 0. The summed E-state index contributed by atoms with van der Waals surface area (Å²) < 4.78 is 0. The molecule has 0 radical (unpaired) electrons. The van der Waals surface area contributed by atoms with Crippen LogP contribution in [0.4, 0.5) is 0 Å². The van der Waals surface area contributed by atoms with Crippen LogP contribution < -0.4 is 0 Å². The van der Waals surface area contributed by atoms with Crippen molar-refractivity contribution in [1.82, 2.24) is 0 Å². The molecular weight excluding hydrogens is 270 g/mol. The second-order valence-electron chi connectivity index (χ2n) is 3.84. The van der Waals surface area contributed by atoms with E-state index in [1.165, 1.54) is 0 Å². The van der Waals surface area contributed by atoms with Gasteiger partial charge in [-0.3, -0.25) is 4.79 Å². The maximum atomic E-state index is 11.8. The van der Waals surface area contributed by atoms with Gasteiger partial charge in [0.2, 0.25) is 5.78 Å². The van der Waals surface area contributed by atoms with Crippen LogP contribution in [0.1, 0.15) is 32.6 Å². The largest absolute Gasteiger partial charge is 0.411 e. The van der Waals surface area contributed by atoms with Crippen molar-refractivity contribution in [1.29, 1.82) is 0 Å². The molecular formula is C12H16BrNO2. The third-order valence-electron chi connectivity index (χ3n) is 2.52. The highest BCUT2D eigenvalue weighted by atomic mass is 79.9.